The van der Waals surface area contributed by atoms with E-state index >= 15 is 0 Å². The fraction of sp³-hybridized carbons (Fsp3) is 0.240. The summed E-state index contributed by atoms with van der Waals surface area (Å²) in [5, 5.41) is 2.71. The summed E-state index contributed by atoms with van der Waals surface area (Å²) in [6, 6.07) is 19.5. The minimum atomic E-state index is -4.02. The molecule has 0 aliphatic carbocycles. The molecule has 1 aliphatic heterocycles. The van der Waals surface area contributed by atoms with E-state index in [4.69, 9.17) is 4.74 Å². The van der Waals surface area contributed by atoms with E-state index in [2.05, 4.69) is 12.2 Å². The first-order chi connectivity index (χ1) is 15.8. The molecular formula is C25H25FN2O4S. The van der Waals surface area contributed by atoms with Crippen LogP contribution < -0.4 is 10.1 Å². The van der Waals surface area contributed by atoms with Gasteiger partial charge in [-0.1, -0.05) is 25.1 Å². The van der Waals surface area contributed by atoms with E-state index in [1.165, 1.54) is 10.4 Å². The van der Waals surface area contributed by atoms with Crippen molar-refractivity contribution in [3.63, 3.8) is 0 Å². The van der Waals surface area contributed by atoms with Crippen LogP contribution in [0.25, 0.3) is 0 Å². The largest absolute Gasteiger partial charge is 0.457 e. The number of hydrogen-bond acceptors (Lipinski definition) is 4. The summed E-state index contributed by atoms with van der Waals surface area (Å²) in [6.45, 7) is 2.75. The van der Waals surface area contributed by atoms with Gasteiger partial charge < -0.3 is 10.1 Å². The molecule has 8 heteroatoms. The summed E-state index contributed by atoms with van der Waals surface area (Å²) >= 11 is 0. The zero-order chi connectivity index (χ0) is 23.4. The number of anilines is 1. The molecule has 1 aliphatic rings. The number of nitrogens with one attached hydrogen (secondary N) is 1. The van der Waals surface area contributed by atoms with E-state index in [0.29, 0.717) is 36.2 Å². The molecule has 4 rings (SSSR count). The molecule has 0 bridgehead atoms. The molecule has 3 aromatic rings. The molecule has 1 fully saturated rings. The van der Waals surface area contributed by atoms with Crippen LogP contribution in [0.5, 0.6) is 11.5 Å². The molecule has 0 spiro atoms. The van der Waals surface area contributed by atoms with Gasteiger partial charge in [-0.05, 0) is 73.4 Å². The molecular weight excluding hydrogens is 443 g/mol. The monoisotopic (exact) mass is 468 g/mol. The number of amides is 1. The Morgan fingerprint density at radius 2 is 1.61 bits per heavy atom. The second-order valence-electron chi connectivity index (χ2n) is 8.13. The van der Waals surface area contributed by atoms with Crippen molar-refractivity contribution in [1.82, 2.24) is 4.31 Å². The summed E-state index contributed by atoms with van der Waals surface area (Å²) in [5.41, 5.74) is 0.559. The van der Waals surface area contributed by atoms with Crippen molar-refractivity contribution in [3.05, 3.63) is 84.2 Å². The van der Waals surface area contributed by atoms with Crippen LogP contribution in [0.4, 0.5) is 10.1 Å². The van der Waals surface area contributed by atoms with Crippen molar-refractivity contribution in [1.29, 1.82) is 0 Å². The molecule has 6 nitrogen and oxygen atoms in total. The Balaban J connectivity index is 1.47. The van der Waals surface area contributed by atoms with Crippen LogP contribution in [-0.2, 0) is 10.0 Å². The lowest BCUT2D eigenvalue weighted by molar-refractivity contribution is 0.102. The van der Waals surface area contributed by atoms with Gasteiger partial charge in [0, 0.05) is 24.3 Å². The van der Waals surface area contributed by atoms with Crippen LogP contribution in [0.1, 0.15) is 30.1 Å². The second-order valence-corrected chi connectivity index (χ2v) is 10.0. The highest BCUT2D eigenvalue weighted by atomic mass is 32.2. The van der Waals surface area contributed by atoms with Crippen LogP contribution in [-0.4, -0.2) is 31.7 Å². The predicted octanol–water partition coefficient (Wildman–Crippen LogP) is 5.29. The van der Waals surface area contributed by atoms with Crippen molar-refractivity contribution in [3.8, 4) is 11.5 Å². The minimum Gasteiger partial charge on any atom is -0.457 e. The summed E-state index contributed by atoms with van der Waals surface area (Å²) in [6.07, 6.45) is 1.45. The number of para-hydroxylation sites is 1. The zero-order valence-corrected chi connectivity index (χ0v) is 19.0. The highest BCUT2D eigenvalue weighted by Crippen LogP contribution is 2.27. The number of rotatable bonds is 6. The number of sulfonamides is 1. The SMILES string of the molecule is CC1CCN(S(=O)(=O)c2cc(C(=O)Nc3ccc(Oc4ccccc4)cc3)ccc2F)CC1. The Bertz CT molecular complexity index is 1220. The Kier molecular flexibility index (Phi) is 6.76. The van der Waals surface area contributed by atoms with Crippen molar-refractivity contribution in [2.24, 2.45) is 5.92 Å². The molecule has 3 aromatic carbocycles. The number of hydrogen-bond donors (Lipinski definition) is 1. The van der Waals surface area contributed by atoms with Crippen molar-refractivity contribution >= 4 is 21.6 Å². The molecule has 1 saturated heterocycles. The lowest BCUT2D eigenvalue weighted by Crippen LogP contribution is -2.38. The van der Waals surface area contributed by atoms with Gasteiger partial charge in [0.05, 0.1) is 0 Å². The molecule has 1 N–H and O–H groups in total. The zero-order valence-electron chi connectivity index (χ0n) is 18.2. The topological polar surface area (TPSA) is 75.7 Å². The van der Waals surface area contributed by atoms with Gasteiger partial charge in [-0.25, -0.2) is 12.8 Å². The molecule has 33 heavy (non-hydrogen) atoms. The van der Waals surface area contributed by atoms with E-state index in [-0.39, 0.29) is 5.56 Å². The highest BCUT2D eigenvalue weighted by Gasteiger charge is 2.31. The maximum absolute atomic E-state index is 14.5. The first kappa shape index (κ1) is 22.9. The number of carbonyl (C=O) groups is 1. The fourth-order valence-corrected chi connectivity index (χ4v) is 5.20. The second kappa shape index (κ2) is 9.72. The van der Waals surface area contributed by atoms with Gasteiger partial charge >= 0.3 is 0 Å². The Morgan fingerprint density at radius 3 is 2.27 bits per heavy atom. The van der Waals surface area contributed by atoms with Gasteiger partial charge in [0.25, 0.3) is 5.91 Å². The van der Waals surface area contributed by atoms with Crippen molar-refractivity contribution in [2.75, 3.05) is 18.4 Å². The third-order valence-corrected chi connectivity index (χ3v) is 7.56. The van der Waals surface area contributed by atoms with E-state index < -0.39 is 26.6 Å². The number of carbonyl (C=O) groups excluding carboxylic acids is 1. The van der Waals surface area contributed by atoms with Crippen molar-refractivity contribution in [2.45, 2.75) is 24.7 Å². The van der Waals surface area contributed by atoms with Crippen LogP contribution in [0.15, 0.2) is 77.7 Å². The number of nitrogens with zero attached hydrogens (tertiary/aromatic N) is 1. The third-order valence-electron chi connectivity index (χ3n) is 5.64. The summed E-state index contributed by atoms with van der Waals surface area (Å²) in [4.78, 5) is 12.3. The maximum atomic E-state index is 14.5. The number of piperidine rings is 1. The van der Waals surface area contributed by atoms with Crippen LogP contribution in [0.3, 0.4) is 0 Å². The van der Waals surface area contributed by atoms with Gasteiger partial charge in [-0.2, -0.15) is 4.31 Å². The number of benzene rings is 3. The minimum absolute atomic E-state index is 0.0602. The quantitative estimate of drug-likeness (QED) is 0.533. The fourth-order valence-electron chi connectivity index (χ4n) is 3.64. The van der Waals surface area contributed by atoms with E-state index in [1.807, 2.05) is 30.3 Å². The standard InChI is InChI=1S/C25H25FN2O4S/c1-18-13-15-28(16-14-18)33(30,31)24-17-19(7-12-23(24)26)25(29)27-20-8-10-22(11-9-20)32-21-5-3-2-4-6-21/h2-12,17-18H,13-16H2,1H3,(H,27,29). The van der Waals surface area contributed by atoms with Gasteiger partial charge in [-0.3, -0.25) is 4.79 Å². The van der Waals surface area contributed by atoms with Gasteiger partial charge in [-0.15, -0.1) is 0 Å². The smallest absolute Gasteiger partial charge is 0.255 e. The van der Waals surface area contributed by atoms with Crippen molar-refractivity contribution < 1.29 is 22.3 Å². The molecule has 0 unspecified atom stereocenters. The first-order valence-electron chi connectivity index (χ1n) is 10.8. The first-order valence-corrected chi connectivity index (χ1v) is 12.2. The normalized spacial score (nSPS) is 15.2. The lowest BCUT2D eigenvalue weighted by atomic mass is 10.0. The van der Waals surface area contributed by atoms with Crippen LogP contribution >= 0.6 is 0 Å². The van der Waals surface area contributed by atoms with Crippen LogP contribution in [0, 0.1) is 11.7 Å². The molecule has 172 valence electrons. The Labute approximate surface area is 193 Å². The van der Waals surface area contributed by atoms with E-state index in [1.54, 1.807) is 24.3 Å². The predicted molar refractivity (Wildman–Crippen MR) is 124 cm³/mol. The molecule has 0 saturated carbocycles. The van der Waals surface area contributed by atoms with E-state index in [9.17, 15) is 17.6 Å². The molecule has 0 aromatic heterocycles. The van der Waals surface area contributed by atoms with Gasteiger partial charge in [0.1, 0.15) is 22.2 Å². The number of ether oxygens (including phenoxy) is 1. The van der Waals surface area contributed by atoms with E-state index in [0.717, 1.165) is 25.0 Å². The summed E-state index contributed by atoms with van der Waals surface area (Å²) in [7, 11) is -4.02. The van der Waals surface area contributed by atoms with Gasteiger partial charge in [0.2, 0.25) is 10.0 Å². The average molecular weight is 469 g/mol. The molecule has 1 heterocycles. The van der Waals surface area contributed by atoms with Crippen LogP contribution in [0.2, 0.25) is 0 Å². The Hall–Kier alpha value is -3.23. The maximum Gasteiger partial charge on any atom is 0.255 e. The Morgan fingerprint density at radius 1 is 0.970 bits per heavy atom. The lowest BCUT2D eigenvalue weighted by Gasteiger charge is -2.29. The van der Waals surface area contributed by atoms with Gasteiger partial charge in [0.15, 0.2) is 0 Å². The molecule has 1 amide bonds. The highest BCUT2D eigenvalue weighted by molar-refractivity contribution is 7.89. The third kappa shape index (κ3) is 5.40. The summed E-state index contributed by atoms with van der Waals surface area (Å²) in [5.74, 6) is 0.327. The summed E-state index contributed by atoms with van der Waals surface area (Å²) < 4.78 is 47.4. The average Bonchev–Trinajstić information content (AvgIpc) is 2.81. The molecule has 0 atom stereocenters. The number of halogens is 1. The molecule has 0 radical (unpaired) electrons.